The summed E-state index contributed by atoms with van der Waals surface area (Å²) in [5.41, 5.74) is 7.41. The topological polar surface area (TPSA) is 63.4 Å². The highest BCUT2D eigenvalue weighted by Gasteiger charge is 2.28. The fourth-order valence-corrected chi connectivity index (χ4v) is 4.33. The molecule has 1 atom stereocenters. The van der Waals surface area contributed by atoms with E-state index in [2.05, 4.69) is 6.92 Å². The Morgan fingerprint density at radius 3 is 2.50 bits per heavy atom. The van der Waals surface area contributed by atoms with Crippen molar-refractivity contribution in [2.45, 2.75) is 38.5 Å². The van der Waals surface area contributed by atoms with Crippen molar-refractivity contribution < 1.29 is 8.42 Å². The van der Waals surface area contributed by atoms with Crippen molar-refractivity contribution in [2.75, 3.05) is 13.1 Å². The lowest BCUT2D eigenvalue weighted by Crippen LogP contribution is -2.40. The Morgan fingerprint density at radius 1 is 1.25 bits per heavy atom. The van der Waals surface area contributed by atoms with Crippen LogP contribution in [0.15, 0.2) is 24.3 Å². The fraction of sp³-hybridized carbons (Fsp3) is 0.600. The maximum atomic E-state index is 12.5. The Labute approximate surface area is 122 Å². The van der Waals surface area contributed by atoms with Crippen LogP contribution in [-0.4, -0.2) is 25.8 Å². The van der Waals surface area contributed by atoms with Crippen LogP contribution in [0.4, 0.5) is 0 Å². The molecule has 0 spiro atoms. The van der Waals surface area contributed by atoms with E-state index in [1.165, 1.54) is 0 Å². The number of nitrogens with zero attached hydrogens (tertiary/aromatic N) is 1. The minimum atomic E-state index is -3.20. The van der Waals surface area contributed by atoms with E-state index >= 15 is 0 Å². The summed E-state index contributed by atoms with van der Waals surface area (Å²) in [5.74, 6) is 0.604. The zero-order valence-electron chi connectivity index (χ0n) is 12.1. The summed E-state index contributed by atoms with van der Waals surface area (Å²) < 4.78 is 26.6. The first-order valence-corrected chi connectivity index (χ1v) is 8.91. The van der Waals surface area contributed by atoms with Crippen LogP contribution in [0.5, 0.6) is 0 Å². The molecule has 0 saturated carbocycles. The number of nitrogens with two attached hydrogens (primary N) is 1. The summed E-state index contributed by atoms with van der Waals surface area (Å²) in [4.78, 5) is 0. The van der Waals surface area contributed by atoms with Crippen LogP contribution in [0.3, 0.4) is 0 Å². The third-order valence-corrected chi connectivity index (χ3v) is 5.88. The van der Waals surface area contributed by atoms with Gasteiger partial charge in [-0.1, -0.05) is 37.6 Å². The van der Waals surface area contributed by atoms with E-state index in [1.54, 1.807) is 4.31 Å². The second-order valence-corrected chi connectivity index (χ2v) is 7.52. The maximum Gasteiger partial charge on any atom is 0.218 e. The van der Waals surface area contributed by atoms with Gasteiger partial charge >= 0.3 is 0 Å². The molecule has 1 saturated heterocycles. The van der Waals surface area contributed by atoms with Crippen LogP contribution < -0.4 is 5.73 Å². The summed E-state index contributed by atoms with van der Waals surface area (Å²) in [7, 11) is -3.20. The maximum absolute atomic E-state index is 12.5. The van der Waals surface area contributed by atoms with Gasteiger partial charge in [-0.2, -0.15) is 0 Å². The number of hydrogen-bond acceptors (Lipinski definition) is 3. The van der Waals surface area contributed by atoms with Gasteiger partial charge < -0.3 is 5.73 Å². The molecule has 112 valence electrons. The first-order chi connectivity index (χ1) is 9.55. The third-order valence-electron chi connectivity index (χ3n) is 4.06. The smallest absolute Gasteiger partial charge is 0.218 e. The Bertz CT molecular complexity index is 525. The van der Waals surface area contributed by atoms with Gasteiger partial charge in [0.25, 0.3) is 0 Å². The molecule has 1 aromatic rings. The molecule has 1 fully saturated rings. The molecular weight excluding hydrogens is 272 g/mol. The highest BCUT2D eigenvalue weighted by molar-refractivity contribution is 7.88. The summed E-state index contributed by atoms with van der Waals surface area (Å²) in [6.07, 6.45) is 3.18. The highest BCUT2D eigenvalue weighted by atomic mass is 32.2. The van der Waals surface area contributed by atoms with Crippen molar-refractivity contribution in [3.8, 4) is 0 Å². The summed E-state index contributed by atoms with van der Waals surface area (Å²) in [5, 5.41) is 0. The van der Waals surface area contributed by atoms with Crippen molar-refractivity contribution in [2.24, 2.45) is 11.7 Å². The molecule has 1 aliphatic rings. The minimum absolute atomic E-state index is 0.0916. The molecule has 2 N–H and O–H groups in total. The first kappa shape index (κ1) is 15.5. The van der Waals surface area contributed by atoms with Gasteiger partial charge in [0.15, 0.2) is 0 Å². The molecule has 4 nitrogen and oxygen atoms in total. The van der Waals surface area contributed by atoms with Crippen molar-refractivity contribution in [3.63, 3.8) is 0 Å². The van der Waals surface area contributed by atoms with Crippen molar-refractivity contribution >= 4 is 10.0 Å². The Hall–Kier alpha value is -0.910. The number of hydrogen-bond donors (Lipinski definition) is 1. The Kier molecular flexibility index (Phi) is 5.18. The van der Waals surface area contributed by atoms with E-state index in [-0.39, 0.29) is 5.75 Å². The minimum Gasteiger partial charge on any atom is -0.326 e. The molecule has 0 radical (unpaired) electrons. The monoisotopic (exact) mass is 296 g/mol. The molecule has 0 amide bonds. The predicted molar refractivity (Wildman–Crippen MR) is 81.5 cm³/mol. The molecule has 0 bridgehead atoms. The fourth-order valence-electron chi connectivity index (χ4n) is 2.69. The lowest BCUT2D eigenvalue weighted by molar-refractivity contribution is 0.261. The predicted octanol–water partition coefficient (Wildman–Crippen LogP) is 2.10. The molecule has 1 unspecified atom stereocenters. The van der Waals surface area contributed by atoms with E-state index in [4.69, 9.17) is 5.73 Å². The summed E-state index contributed by atoms with van der Waals surface area (Å²) >= 11 is 0. The average molecular weight is 296 g/mol. The molecule has 2 rings (SSSR count). The lowest BCUT2D eigenvalue weighted by Gasteiger charge is -2.31. The second-order valence-electron chi connectivity index (χ2n) is 5.55. The zero-order valence-corrected chi connectivity index (χ0v) is 12.9. The lowest BCUT2D eigenvalue weighted by atomic mass is 9.97. The molecule has 20 heavy (non-hydrogen) atoms. The normalized spacial score (nSPS) is 21.0. The van der Waals surface area contributed by atoms with Gasteiger partial charge in [-0.05, 0) is 29.9 Å². The highest BCUT2D eigenvalue weighted by Crippen LogP contribution is 2.23. The van der Waals surface area contributed by atoms with Crippen molar-refractivity contribution in [1.82, 2.24) is 4.31 Å². The van der Waals surface area contributed by atoms with Crippen LogP contribution in [0, 0.1) is 5.92 Å². The van der Waals surface area contributed by atoms with Crippen molar-refractivity contribution in [3.05, 3.63) is 35.4 Å². The van der Waals surface area contributed by atoms with Crippen LogP contribution in [-0.2, 0) is 22.3 Å². The van der Waals surface area contributed by atoms with Gasteiger partial charge in [-0.3, -0.25) is 0 Å². The van der Waals surface area contributed by atoms with Crippen LogP contribution in [0.25, 0.3) is 0 Å². The SMILES string of the molecule is CCC1CCCN(S(=O)(=O)Cc2ccc(CN)cc2)C1. The van der Waals surface area contributed by atoms with E-state index in [0.717, 1.165) is 30.4 Å². The van der Waals surface area contributed by atoms with Crippen LogP contribution in [0.2, 0.25) is 0 Å². The van der Waals surface area contributed by atoms with Gasteiger partial charge in [-0.15, -0.1) is 0 Å². The van der Waals surface area contributed by atoms with Gasteiger partial charge in [-0.25, -0.2) is 12.7 Å². The van der Waals surface area contributed by atoms with Gasteiger partial charge in [0, 0.05) is 19.6 Å². The van der Waals surface area contributed by atoms with Crippen molar-refractivity contribution in [1.29, 1.82) is 0 Å². The van der Waals surface area contributed by atoms with E-state index in [9.17, 15) is 8.42 Å². The molecular formula is C15H24N2O2S. The molecule has 1 aliphatic heterocycles. The third kappa shape index (κ3) is 3.81. The molecule has 5 heteroatoms. The molecule has 1 aromatic carbocycles. The quantitative estimate of drug-likeness (QED) is 0.905. The molecule has 0 aliphatic carbocycles. The van der Waals surface area contributed by atoms with Gasteiger partial charge in [0.1, 0.15) is 0 Å². The van der Waals surface area contributed by atoms with Crippen LogP contribution in [0.1, 0.15) is 37.3 Å². The standard InChI is InChI=1S/C15H24N2O2S/c1-2-13-4-3-9-17(11-13)20(18,19)12-15-7-5-14(10-16)6-8-15/h5-8,13H,2-4,9-12,16H2,1H3. The zero-order chi connectivity index (χ0) is 14.6. The Morgan fingerprint density at radius 2 is 1.90 bits per heavy atom. The first-order valence-electron chi connectivity index (χ1n) is 7.31. The number of piperidine rings is 1. The number of benzene rings is 1. The number of sulfonamides is 1. The Balaban J connectivity index is 2.05. The second kappa shape index (κ2) is 6.70. The van der Waals surface area contributed by atoms with E-state index in [0.29, 0.717) is 25.6 Å². The van der Waals surface area contributed by atoms with Gasteiger partial charge in [0.2, 0.25) is 10.0 Å². The average Bonchev–Trinajstić information content (AvgIpc) is 2.48. The molecule has 0 aromatic heterocycles. The largest absolute Gasteiger partial charge is 0.326 e. The van der Waals surface area contributed by atoms with E-state index < -0.39 is 10.0 Å². The van der Waals surface area contributed by atoms with Gasteiger partial charge in [0.05, 0.1) is 5.75 Å². The number of rotatable bonds is 5. The van der Waals surface area contributed by atoms with E-state index in [1.807, 2.05) is 24.3 Å². The van der Waals surface area contributed by atoms with Crippen LogP contribution >= 0.6 is 0 Å². The summed E-state index contributed by atoms with van der Waals surface area (Å²) in [6, 6.07) is 7.52. The summed E-state index contributed by atoms with van der Waals surface area (Å²) in [6.45, 7) is 3.96. The molecule has 1 heterocycles.